The van der Waals surface area contributed by atoms with Gasteiger partial charge in [0.05, 0.1) is 12.5 Å². The van der Waals surface area contributed by atoms with Crippen LogP contribution in [-0.2, 0) is 18.4 Å². The predicted molar refractivity (Wildman–Crippen MR) is 58.1 cm³/mol. The molecule has 2 atom stereocenters. The smallest absolute Gasteiger partial charge is 0.227 e. The van der Waals surface area contributed by atoms with Gasteiger partial charge in [0.25, 0.3) is 0 Å². The standard InChI is InChI=1S/C10H15N5O/c1-15-6-13-9(14-15)5-12-10(16)7-2-3-8(11)4-7/h2-3,6-8H,4-5,11H2,1H3,(H,12,16). The lowest BCUT2D eigenvalue weighted by Crippen LogP contribution is -2.30. The Hall–Kier alpha value is -1.69. The molecule has 6 heteroatoms. The van der Waals surface area contributed by atoms with E-state index in [4.69, 9.17) is 5.73 Å². The van der Waals surface area contributed by atoms with Crippen molar-refractivity contribution in [2.75, 3.05) is 0 Å². The molecule has 2 rings (SSSR count). The number of aryl methyl sites for hydroxylation is 1. The molecule has 0 saturated carbocycles. The molecule has 0 aliphatic heterocycles. The van der Waals surface area contributed by atoms with Crippen LogP contribution in [0, 0.1) is 5.92 Å². The topological polar surface area (TPSA) is 85.8 Å². The second-order valence-corrected chi connectivity index (χ2v) is 3.94. The fourth-order valence-corrected chi connectivity index (χ4v) is 1.68. The monoisotopic (exact) mass is 221 g/mol. The van der Waals surface area contributed by atoms with Gasteiger partial charge in [-0.05, 0) is 6.42 Å². The highest BCUT2D eigenvalue weighted by atomic mass is 16.1. The van der Waals surface area contributed by atoms with Gasteiger partial charge < -0.3 is 11.1 Å². The fraction of sp³-hybridized carbons (Fsp3) is 0.500. The Morgan fingerprint density at radius 2 is 2.50 bits per heavy atom. The van der Waals surface area contributed by atoms with Gasteiger partial charge in [-0.2, -0.15) is 5.10 Å². The lowest BCUT2D eigenvalue weighted by molar-refractivity contribution is -0.123. The summed E-state index contributed by atoms with van der Waals surface area (Å²) < 4.78 is 1.60. The first-order valence-electron chi connectivity index (χ1n) is 5.21. The third-order valence-electron chi connectivity index (χ3n) is 2.52. The molecular formula is C10H15N5O. The van der Waals surface area contributed by atoms with Crippen molar-refractivity contribution >= 4 is 5.91 Å². The van der Waals surface area contributed by atoms with Gasteiger partial charge in [0, 0.05) is 13.1 Å². The normalized spacial score (nSPS) is 23.6. The number of carbonyl (C=O) groups excluding carboxylic acids is 1. The van der Waals surface area contributed by atoms with Gasteiger partial charge in [0.15, 0.2) is 5.82 Å². The van der Waals surface area contributed by atoms with Crippen LogP contribution in [0.1, 0.15) is 12.2 Å². The number of nitrogens with one attached hydrogen (secondary N) is 1. The lowest BCUT2D eigenvalue weighted by Gasteiger charge is -2.08. The molecule has 2 unspecified atom stereocenters. The van der Waals surface area contributed by atoms with E-state index in [0.29, 0.717) is 18.8 Å². The summed E-state index contributed by atoms with van der Waals surface area (Å²) in [4.78, 5) is 15.7. The molecule has 1 aliphatic carbocycles. The Morgan fingerprint density at radius 1 is 1.69 bits per heavy atom. The lowest BCUT2D eigenvalue weighted by atomic mass is 10.1. The second kappa shape index (κ2) is 4.44. The third-order valence-corrected chi connectivity index (χ3v) is 2.52. The van der Waals surface area contributed by atoms with Crippen molar-refractivity contribution in [2.24, 2.45) is 18.7 Å². The first-order chi connectivity index (χ1) is 7.65. The summed E-state index contributed by atoms with van der Waals surface area (Å²) >= 11 is 0. The molecule has 6 nitrogen and oxygen atoms in total. The maximum absolute atomic E-state index is 11.7. The Kier molecular flexibility index (Phi) is 3.00. The molecule has 0 aromatic carbocycles. The fourth-order valence-electron chi connectivity index (χ4n) is 1.68. The largest absolute Gasteiger partial charge is 0.348 e. The van der Waals surface area contributed by atoms with Crippen molar-refractivity contribution in [1.82, 2.24) is 20.1 Å². The van der Waals surface area contributed by atoms with Crippen molar-refractivity contribution in [3.8, 4) is 0 Å². The molecular weight excluding hydrogens is 206 g/mol. The number of hydrogen-bond donors (Lipinski definition) is 2. The Bertz CT molecular complexity index is 411. The Labute approximate surface area is 93.5 Å². The Morgan fingerprint density at radius 3 is 3.06 bits per heavy atom. The van der Waals surface area contributed by atoms with Gasteiger partial charge in [-0.15, -0.1) is 0 Å². The molecule has 0 spiro atoms. The summed E-state index contributed by atoms with van der Waals surface area (Å²) in [6.45, 7) is 0.360. The van der Waals surface area contributed by atoms with Gasteiger partial charge in [-0.25, -0.2) is 4.98 Å². The number of aromatic nitrogens is 3. The molecule has 0 fully saturated rings. The third kappa shape index (κ3) is 2.46. The van der Waals surface area contributed by atoms with Crippen LogP contribution in [0.25, 0.3) is 0 Å². The van der Waals surface area contributed by atoms with Crippen molar-refractivity contribution in [2.45, 2.75) is 19.0 Å². The van der Waals surface area contributed by atoms with Crippen LogP contribution in [0.4, 0.5) is 0 Å². The highest BCUT2D eigenvalue weighted by molar-refractivity contribution is 5.80. The van der Waals surface area contributed by atoms with Crippen LogP contribution >= 0.6 is 0 Å². The minimum Gasteiger partial charge on any atom is -0.348 e. The zero-order valence-corrected chi connectivity index (χ0v) is 9.13. The maximum atomic E-state index is 11.7. The summed E-state index contributed by atoms with van der Waals surface area (Å²) in [5.74, 6) is 0.484. The SMILES string of the molecule is Cn1cnc(CNC(=O)C2C=CC(N)C2)n1. The molecule has 1 heterocycles. The van der Waals surface area contributed by atoms with Gasteiger partial charge in [-0.1, -0.05) is 12.2 Å². The minimum absolute atomic E-state index is 0.00345. The van der Waals surface area contributed by atoms with E-state index in [0.717, 1.165) is 0 Å². The van der Waals surface area contributed by atoms with Gasteiger partial charge in [0.1, 0.15) is 6.33 Å². The molecule has 86 valence electrons. The highest BCUT2D eigenvalue weighted by Crippen LogP contribution is 2.16. The van der Waals surface area contributed by atoms with Crippen LogP contribution in [0.3, 0.4) is 0 Å². The van der Waals surface area contributed by atoms with E-state index in [-0.39, 0.29) is 17.9 Å². The molecule has 0 saturated heterocycles. The van der Waals surface area contributed by atoms with Gasteiger partial charge >= 0.3 is 0 Å². The van der Waals surface area contributed by atoms with E-state index in [1.54, 1.807) is 18.1 Å². The average Bonchev–Trinajstić information content (AvgIpc) is 2.84. The van der Waals surface area contributed by atoms with Crippen molar-refractivity contribution in [1.29, 1.82) is 0 Å². The minimum atomic E-state index is -0.112. The molecule has 0 radical (unpaired) electrons. The van der Waals surface area contributed by atoms with Crippen LogP contribution in [0.2, 0.25) is 0 Å². The highest BCUT2D eigenvalue weighted by Gasteiger charge is 2.22. The van der Waals surface area contributed by atoms with E-state index < -0.39 is 0 Å². The summed E-state index contributed by atoms with van der Waals surface area (Å²) in [7, 11) is 1.79. The van der Waals surface area contributed by atoms with Crippen molar-refractivity contribution in [3.63, 3.8) is 0 Å². The number of nitrogens with zero attached hydrogens (tertiary/aromatic N) is 3. The maximum Gasteiger partial charge on any atom is 0.227 e. The summed E-state index contributed by atoms with van der Waals surface area (Å²) in [6, 6.07) is 0.00345. The molecule has 1 aromatic rings. The molecule has 0 bridgehead atoms. The van der Waals surface area contributed by atoms with Crippen LogP contribution in [0.15, 0.2) is 18.5 Å². The van der Waals surface area contributed by atoms with E-state index >= 15 is 0 Å². The first-order valence-corrected chi connectivity index (χ1v) is 5.21. The van der Waals surface area contributed by atoms with E-state index in [2.05, 4.69) is 15.4 Å². The van der Waals surface area contributed by atoms with Crippen molar-refractivity contribution < 1.29 is 4.79 Å². The number of nitrogens with two attached hydrogens (primary N) is 1. The average molecular weight is 221 g/mol. The molecule has 1 aliphatic rings. The zero-order valence-electron chi connectivity index (χ0n) is 9.13. The number of rotatable bonds is 3. The predicted octanol–water partition coefficient (Wildman–Crippen LogP) is -0.665. The summed E-state index contributed by atoms with van der Waals surface area (Å²) in [6.07, 6.45) is 6.00. The Balaban J connectivity index is 1.82. The molecule has 3 N–H and O–H groups in total. The molecule has 1 amide bonds. The zero-order chi connectivity index (χ0) is 11.5. The molecule has 16 heavy (non-hydrogen) atoms. The van der Waals surface area contributed by atoms with Crippen LogP contribution in [-0.4, -0.2) is 26.7 Å². The van der Waals surface area contributed by atoms with E-state index in [9.17, 15) is 4.79 Å². The quantitative estimate of drug-likeness (QED) is 0.663. The second-order valence-electron chi connectivity index (χ2n) is 3.94. The van der Waals surface area contributed by atoms with E-state index in [1.165, 1.54) is 0 Å². The van der Waals surface area contributed by atoms with Crippen molar-refractivity contribution in [3.05, 3.63) is 24.3 Å². The molecule has 1 aromatic heterocycles. The van der Waals surface area contributed by atoms with Gasteiger partial charge in [0.2, 0.25) is 5.91 Å². The van der Waals surface area contributed by atoms with Crippen LogP contribution < -0.4 is 11.1 Å². The number of carbonyl (C=O) groups is 1. The number of hydrogen-bond acceptors (Lipinski definition) is 4. The van der Waals surface area contributed by atoms with Gasteiger partial charge in [-0.3, -0.25) is 9.48 Å². The number of amides is 1. The van der Waals surface area contributed by atoms with E-state index in [1.807, 2.05) is 12.2 Å². The first kappa shape index (κ1) is 10.8. The summed E-state index contributed by atoms with van der Waals surface area (Å²) in [5, 5.41) is 6.86. The van der Waals surface area contributed by atoms with Crippen LogP contribution in [0.5, 0.6) is 0 Å². The summed E-state index contributed by atoms with van der Waals surface area (Å²) in [5.41, 5.74) is 5.68.